The molecule has 0 atom stereocenters. The van der Waals surface area contributed by atoms with Crippen molar-refractivity contribution in [3.05, 3.63) is 70.3 Å². The molecule has 4 rings (SSSR count). The molecule has 0 bridgehead atoms. The predicted molar refractivity (Wildman–Crippen MR) is 96.4 cm³/mol. The molecular weight excluding hydrogens is 340 g/mol. The molecule has 2 aliphatic heterocycles. The molecule has 0 aliphatic carbocycles. The maximum absolute atomic E-state index is 12.5. The number of hydrogen-bond donors (Lipinski definition) is 2. The van der Waals surface area contributed by atoms with E-state index in [0.29, 0.717) is 39.8 Å². The van der Waals surface area contributed by atoms with Crippen molar-refractivity contribution >= 4 is 46.0 Å². The second-order valence-electron chi connectivity index (χ2n) is 5.85. The van der Waals surface area contributed by atoms with E-state index in [0.717, 1.165) is 11.1 Å². The van der Waals surface area contributed by atoms with Gasteiger partial charge < -0.3 is 15.8 Å². The van der Waals surface area contributed by atoms with Crippen LogP contribution >= 0.6 is 11.6 Å². The van der Waals surface area contributed by atoms with Gasteiger partial charge in [0, 0.05) is 33.0 Å². The van der Waals surface area contributed by atoms with Crippen LogP contribution < -0.4 is 11.1 Å². The Morgan fingerprint density at radius 3 is 2.76 bits per heavy atom. The van der Waals surface area contributed by atoms with Crippen molar-refractivity contribution in [2.45, 2.75) is 6.61 Å². The van der Waals surface area contributed by atoms with Crippen LogP contribution in [0.5, 0.6) is 0 Å². The summed E-state index contributed by atoms with van der Waals surface area (Å²) in [5.74, 6) is -0.379. The Bertz CT molecular complexity index is 1010. The number of carbonyl (C=O) groups excluding carboxylic acids is 2. The third kappa shape index (κ3) is 2.40. The summed E-state index contributed by atoms with van der Waals surface area (Å²) in [7, 11) is 0. The number of primary amides is 1. The van der Waals surface area contributed by atoms with Crippen LogP contribution in [0.3, 0.4) is 0 Å². The second-order valence-corrected chi connectivity index (χ2v) is 6.29. The first kappa shape index (κ1) is 15.5. The molecule has 2 heterocycles. The normalized spacial score (nSPS) is 17.6. The monoisotopic (exact) mass is 352 g/mol. The van der Waals surface area contributed by atoms with Gasteiger partial charge in [0.05, 0.1) is 5.57 Å². The highest BCUT2D eigenvalue weighted by Gasteiger charge is 2.32. The molecule has 0 saturated carbocycles. The van der Waals surface area contributed by atoms with Crippen molar-refractivity contribution in [1.29, 1.82) is 0 Å². The van der Waals surface area contributed by atoms with Crippen LogP contribution in [0.1, 0.15) is 22.3 Å². The van der Waals surface area contributed by atoms with Gasteiger partial charge in [-0.15, -0.1) is 0 Å². The largest absolute Gasteiger partial charge is 0.487 e. The first-order valence-corrected chi connectivity index (χ1v) is 7.94. The SMILES string of the molecule is C=C(C(N)=O)c1ccc2c(c1)C(=C1C(=O)Nc3ccc(Cl)cc31)OC2. The molecule has 0 fully saturated rings. The molecule has 0 spiro atoms. The number of carbonyl (C=O) groups is 2. The molecule has 124 valence electrons. The molecular formula is C19H13ClN2O3. The van der Waals surface area contributed by atoms with E-state index in [2.05, 4.69) is 11.9 Å². The van der Waals surface area contributed by atoms with Crippen molar-refractivity contribution in [3.8, 4) is 0 Å². The zero-order valence-corrected chi connectivity index (χ0v) is 13.8. The molecule has 2 aliphatic rings. The lowest BCUT2D eigenvalue weighted by Gasteiger charge is -2.07. The van der Waals surface area contributed by atoms with Crippen LogP contribution in [0.2, 0.25) is 5.02 Å². The molecule has 6 heteroatoms. The van der Waals surface area contributed by atoms with E-state index in [9.17, 15) is 9.59 Å². The number of benzene rings is 2. The first-order valence-electron chi connectivity index (χ1n) is 7.56. The quantitative estimate of drug-likeness (QED) is 0.814. The third-order valence-corrected chi connectivity index (χ3v) is 4.56. The van der Waals surface area contributed by atoms with Crippen LogP contribution in [-0.2, 0) is 20.9 Å². The van der Waals surface area contributed by atoms with Gasteiger partial charge in [0.25, 0.3) is 5.91 Å². The molecule has 0 unspecified atom stereocenters. The maximum atomic E-state index is 12.5. The Balaban J connectivity index is 1.91. The zero-order chi connectivity index (χ0) is 17.7. The minimum absolute atomic E-state index is 0.207. The molecule has 5 nitrogen and oxygen atoms in total. The molecule has 2 amide bonds. The average molecular weight is 353 g/mol. The van der Waals surface area contributed by atoms with Crippen molar-refractivity contribution in [2.75, 3.05) is 5.32 Å². The number of amides is 2. The highest BCUT2D eigenvalue weighted by atomic mass is 35.5. The van der Waals surface area contributed by atoms with E-state index in [-0.39, 0.29) is 11.5 Å². The van der Waals surface area contributed by atoms with Gasteiger partial charge in [-0.1, -0.05) is 30.3 Å². The molecule has 0 saturated heterocycles. The topological polar surface area (TPSA) is 81.4 Å². The summed E-state index contributed by atoms with van der Waals surface area (Å²) in [6, 6.07) is 10.6. The van der Waals surface area contributed by atoms with E-state index in [1.165, 1.54) is 0 Å². The minimum atomic E-state index is -0.594. The maximum Gasteiger partial charge on any atom is 0.260 e. The molecule has 2 aromatic carbocycles. The number of ether oxygens (including phenoxy) is 1. The van der Waals surface area contributed by atoms with Crippen LogP contribution in [-0.4, -0.2) is 11.8 Å². The molecule has 2 aromatic rings. The second kappa shape index (κ2) is 5.50. The summed E-state index contributed by atoms with van der Waals surface area (Å²) < 4.78 is 5.80. The summed E-state index contributed by atoms with van der Waals surface area (Å²) in [4.78, 5) is 23.9. The standard InChI is InChI=1S/C19H13ClN2O3/c1-9(18(21)23)10-2-3-11-8-25-17(13(11)6-10)16-14-7-12(20)4-5-15(14)22-19(16)24/h2-7H,1,8H2,(H2,21,23)(H,22,24). The number of anilines is 1. The van der Waals surface area contributed by atoms with Gasteiger partial charge in [-0.3, -0.25) is 9.59 Å². The summed E-state index contributed by atoms with van der Waals surface area (Å²) in [6.45, 7) is 4.05. The van der Waals surface area contributed by atoms with Gasteiger partial charge in [0.2, 0.25) is 5.91 Å². The number of hydrogen-bond acceptors (Lipinski definition) is 3. The summed E-state index contributed by atoms with van der Waals surface area (Å²) in [5.41, 5.74) is 9.60. The van der Waals surface area contributed by atoms with Gasteiger partial charge in [-0.05, 0) is 29.8 Å². The smallest absolute Gasteiger partial charge is 0.260 e. The van der Waals surface area contributed by atoms with Gasteiger partial charge in [0.1, 0.15) is 12.4 Å². The Kier molecular flexibility index (Phi) is 3.40. The fourth-order valence-corrected chi connectivity index (χ4v) is 3.22. The van der Waals surface area contributed by atoms with E-state index in [1.54, 1.807) is 30.3 Å². The van der Waals surface area contributed by atoms with Gasteiger partial charge in [0.15, 0.2) is 0 Å². The van der Waals surface area contributed by atoms with Crippen LogP contribution in [0, 0.1) is 0 Å². The number of halogens is 1. The lowest BCUT2D eigenvalue weighted by molar-refractivity contribution is -0.113. The van der Waals surface area contributed by atoms with Crippen LogP contribution in [0.15, 0.2) is 43.0 Å². The third-order valence-electron chi connectivity index (χ3n) is 4.33. The summed E-state index contributed by atoms with van der Waals surface area (Å²) in [6.07, 6.45) is 0. The van der Waals surface area contributed by atoms with Gasteiger partial charge in [-0.2, -0.15) is 0 Å². The van der Waals surface area contributed by atoms with Crippen molar-refractivity contribution in [1.82, 2.24) is 0 Å². The highest BCUT2D eigenvalue weighted by Crippen LogP contribution is 2.42. The Hall–Kier alpha value is -3.05. The summed E-state index contributed by atoms with van der Waals surface area (Å²) in [5, 5.41) is 3.34. The van der Waals surface area contributed by atoms with Crippen molar-refractivity contribution in [2.24, 2.45) is 5.73 Å². The van der Waals surface area contributed by atoms with E-state index < -0.39 is 5.91 Å². The number of nitrogens with two attached hydrogens (primary N) is 1. The van der Waals surface area contributed by atoms with E-state index in [1.807, 2.05) is 6.07 Å². The van der Waals surface area contributed by atoms with Crippen molar-refractivity contribution in [3.63, 3.8) is 0 Å². The Morgan fingerprint density at radius 2 is 2.00 bits per heavy atom. The number of fused-ring (bicyclic) bond motifs is 2. The minimum Gasteiger partial charge on any atom is -0.487 e. The fourth-order valence-electron chi connectivity index (χ4n) is 3.04. The van der Waals surface area contributed by atoms with E-state index >= 15 is 0 Å². The van der Waals surface area contributed by atoms with Gasteiger partial charge >= 0.3 is 0 Å². The molecule has 0 aromatic heterocycles. The van der Waals surface area contributed by atoms with Gasteiger partial charge in [-0.25, -0.2) is 0 Å². The Morgan fingerprint density at radius 1 is 1.20 bits per heavy atom. The number of rotatable bonds is 2. The zero-order valence-electron chi connectivity index (χ0n) is 13.1. The summed E-state index contributed by atoms with van der Waals surface area (Å²) >= 11 is 6.08. The molecule has 25 heavy (non-hydrogen) atoms. The predicted octanol–water partition coefficient (Wildman–Crippen LogP) is 3.19. The lowest BCUT2D eigenvalue weighted by atomic mass is 9.96. The average Bonchev–Trinajstić information content (AvgIpc) is 3.13. The highest BCUT2D eigenvalue weighted by molar-refractivity contribution is 6.38. The van der Waals surface area contributed by atoms with Crippen LogP contribution in [0.25, 0.3) is 16.9 Å². The lowest BCUT2D eigenvalue weighted by Crippen LogP contribution is -2.12. The number of nitrogens with one attached hydrogen (secondary N) is 1. The van der Waals surface area contributed by atoms with Crippen molar-refractivity contribution < 1.29 is 14.3 Å². The molecule has 0 radical (unpaired) electrons. The fraction of sp³-hybridized carbons (Fsp3) is 0.0526. The first-order chi connectivity index (χ1) is 12.0. The van der Waals surface area contributed by atoms with E-state index in [4.69, 9.17) is 22.1 Å². The molecule has 3 N–H and O–H groups in total. The Labute approximate surface area is 148 Å². The van der Waals surface area contributed by atoms with Crippen LogP contribution in [0.4, 0.5) is 5.69 Å².